The predicted molar refractivity (Wildman–Crippen MR) is 191 cm³/mol. The molecule has 0 saturated carbocycles. The second-order valence-electron chi connectivity index (χ2n) is 14.1. The maximum absolute atomic E-state index is 7.28. The molecule has 0 amide bonds. The van der Waals surface area contributed by atoms with E-state index in [0.29, 0.717) is 19.8 Å². The predicted octanol–water partition coefficient (Wildman–Crippen LogP) is 8.20. The lowest BCUT2D eigenvalue weighted by Gasteiger charge is -2.45. The van der Waals surface area contributed by atoms with Crippen LogP contribution in [0.2, 0.25) is 5.04 Å². The van der Waals surface area contributed by atoms with Gasteiger partial charge in [-0.25, -0.2) is 0 Å². The van der Waals surface area contributed by atoms with Gasteiger partial charge in [-0.3, -0.25) is 0 Å². The molecule has 0 unspecified atom stereocenters. The average Bonchev–Trinajstić information content (AvgIpc) is 3.44. The summed E-state index contributed by atoms with van der Waals surface area (Å²) >= 11 is 0. The molecule has 5 heteroatoms. The minimum absolute atomic E-state index is 0.0460. The molecule has 1 spiro atoms. The van der Waals surface area contributed by atoms with Gasteiger partial charge in [0.05, 0.1) is 18.8 Å². The summed E-state index contributed by atoms with van der Waals surface area (Å²) < 4.78 is 26.5. The highest BCUT2D eigenvalue weighted by Gasteiger charge is 2.51. The van der Waals surface area contributed by atoms with Crippen molar-refractivity contribution in [3.8, 4) is 11.8 Å². The molecule has 3 aromatic rings. The zero-order chi connectivity index (χ0) is 32.5. The van der Waals surface area contributed by atoms with Crippen LogP contribution in [0.3, 0.4) is 0 Å². The molecule has 2 aliphatic heterocycles. The van der Waals surface area contributed by atoms with Gasteiger partial charge in [-0.05, 0) is 47.2 Å². The van der Waals surface area contributed by atoms with Crippen LogP contribution in [0.5, 0.6) is 0 Å². The Labute approximate surface area is 278 Å². The van der Waals surface area contributed by atoms with Crippen LogP contribution in [-0.4, -0.2) is 39.5 Å². The molecule has 2 saturated heterocycles. The van der Waals surface area contributed by atoms with Gasteiger partial charge < -0.3 is 18.6 Å². The minimum Gasteiger partial charge on any atom is -0.407 e. The normalized spacial score (nSPS) is 22.8. The lowest BCUT2D eigenvalue weighted by Crippen LogP contribution is -2.67. The van der Waals surface area contributed by atoms with Crippen molar-refractivity contribution >= 4 is 18.7 Å². The first kappa shape index (κ1) is 34.4. The molecule has 4 nitrogen and oxygen atoms in total. The van der Waals surface area contributed by atoms with Gasteiger partial charge in [0.2, 0.25) is 0 Å². The molecule has 2 heterocycles. The highest BCUT2D eigenvalue weighted by Crippen LogP contribution is 2.43. The number of hydrogen-bond donors (Lipinski definition) is 0. The van der Waals surface area contributed by atoms with E-state index in [-0.39, 0.29) is 23.2 Å². The van der Waals surface area contributed by atoms with Gasteiger partial charge in [-0.2, -0.15) is 0 Å². The summed E-state index contributed by atoms with van der Waals surface area (Å²) in [5, 5.41) is 2.58. The summed E-state index contributed by atoms with van der Waals surface area (Å²) in [4.78, 5) is 0. The van der Waals surface area contributed by atoms with Gasteiger partial charge in [-0.1, -0.05) is 142 Å². The van der Waals surface area contributed by atoms with Crippen LogP contribution < -0.4 is 10.4 Å². The first-order valence-electron chi connectivity index (χ1n) is 17.1. The Kier molecular flexibility index (Phi) is 11.8. The molecule has 0 aliphatic carbocycles. The van der Waals surface area contributed by atoms with E-state index in [1.807, 2.05) is 18.2 Å². The molecule has 0 N–H and O–H groups in total. The Bertz CT molecular complexity index is 1410. The first-order valence-corrected chi connectivity index (χ1v) is 19.0. The molecular weight excluding hydrogens is 585 g/mol. The minimum atomic E-state index is -2.59. The van der Waals surface area contributed by atoms with Crippen molar-refractivity contribution < 1.29 is 18.6 Å². The number of allylic oxidation sites excluding steroid dienone is 1. The van der Waals surface area contributed by atoms with E-state index >= 15 is 0 Å². The Morgan fingerprint density at radius 2 is 1.52 bits per heavy atom. The summed E-state index contributed by atoms with van der Waals surface area (Å²) in [6, 6.07) is 32.0. The van der Waals surface area contributed by atoms with E-state index in [4.69, 9.17) is 18.6 Å². The van der Waals surface area contributed by atoms with Crippen LogP contribution in [0.25, 0.3) is 0 Å². The Hall–Kier alpha value is -2.98. The Balaban J connectivity index is 1.17. The molecule has 3 aromatic carbocycles. The van der Waals surface area contributed by atoms with Crippen LogP contribution >= 0.6 is 0 Å². The van der Waals surface area contributed by atoms with Crippen molar-refractivity contribution in [1.29, 1.82) is 0 Å². The van der Waals surface area contributed by atoms with Crippen molar-refractivity contribution in [1.82, 2.24) is 0 Å². The van der Waals surface area contributed by atoms with Crippen LogP contribution in [0, 0.1) is 17.8 Å². The first-order chi connectivity index (χ1) is 22.2. The Morgan fingerprint density at radius 1 is 0.891 bits per heavy atom. The van der Waals surface area contributed by atoms with Crippen LogP contribution in [-0.2, 0) is 25.2 Å². The van der Waals surface area contributed by atoms with E-state index in [2.05, 4.69) is 125 Å². The molecule has 2 aliphatic rings. The highest BCUT2D eigenvalue weighted by atomic mass is 28.4. The fourth-order valence-corrected chi connectivity index (χ4v) is 11.7. The zero-order valence-electron chi connectivity index (χ0n) is 28.5. The van der Waals surface area contributed by atoms with Crippen LogP contribution in [0.15, 0.2) is 103 Å². The topological polar surface area (TPSA) is 36.9 Å². The quantitative estimate of drug-likeness (QED) is 0.0921. The highest BCUT2D eigenvalue weighted by molar-refractivity contribution is 6.99. The second-order valence-corrected chi connectivity index (χ2v) is 18.4. The van der Waals surface area contributed by atoms with Gasteiger partial charge in [0, 0.05) is 31.8 Å². The number of hydrogen-bond acceptors (Lipinski definition) is 4. The standard InChI is InChI=1S/C41H52O4Si/c1-33(18-15-16-29-42-32-35-19-9-6-10-20-35)30-36-26-28-41(44-36)27-17-25-39(45-41)34(2)31-43-46(40(3,4)5,37-21-11-7-12-22-37)38-23-13-8-14-24-38/h6-14,19-24,30,34,36,39H,17-18,25-29,31-32H2,1-5H3/b33-30+/t34-,36-,39-,41-/m0/s1. The van der Waals surface area contributed by atoms with Crippen molar-refractivity contribution in [2.75, 3.05) is 13.2 Å². The van der Waals surface area contributed by atoms with Crippen molar-refractivity contribution in [3.63, 3.8) is 0 Å². The van der Waals surface area contributed by atoms with E-state index in [1.165, 1.54) is 21.5 Å². The zero-order valence-corrected chi connectivity index (χ0v) is 29.5. The molecular formula is C41H52O4Si. The fraction of sp³-hybridized carbons (Fsp3) is 0.463. The van der Waals surface area contributed by atoms with Gasteiger partial charge in [0.1, 0.15) is 6.61 Å². The van der Waals surface area contributed by atoms with Gasteiger partial charge >= 0.3 is 0 Å². The third kappa shape index (κ3) is 8.48. The third-order valence-corrected chi connectivity index (χ3v) is 14.5. The fourth-order valence-electron chi connectivity index (χ4n) is 7.06. The van der Waals surface area contributed by atoms with Crippen molar-refractivity contribution in [2.45, 2.75) is 103 Å². The van der Waals surface area contributed by atoms with Gasteiger partial charge in [0.25, 0.3) is 8.32 Å². The molecule has 0 aromatic heterocycles. The van der Waals surface area contributed by atoms with Gasteiger partial charge in [-0.15, -0.1) is 0 Å². The average molecular weight is 637 g/mol. The monoisotopic (exact) mass is 636 g/mol. The van der Waals surface area contributed by atoms with Crippen LogP contribution in [0.4, 0.5) is 0 Å². The third-order valence-electron chi connectivity index (χ3n) is 9.45. The van der Waals surface area contributed by atoms with Crippen molar-refractivity contribution in [2.24, 2.45) is 5.92 Å². The lowest BCUT2D eigenvalue weighted by atomic mass is 9.93. The Morgan fingerprint density at radius 3 is 2.15 bits per heavy atom. The lowest BCUT2D eigenvalue weighted by molar-refractivity contribution is -0.274. The van der Waals surface area contributed by atoms with Crippen LogP contribution in [0.1, 0.15) is 78.7 Å². The molecule has 2 fully saturated rings. The smallest absolute Gasteiger partial charge is 0.261 e. The molecule has 4 atom stereocenters. The van der Waals surface area contributed by atoms with E-state index in [1.54, 1.807) is 0 Å². The molecule has 0 bridgehead atoms. The number of benzene rings is 3. The summed E-state index contributed by atoms with van der Waals surface area (Å²) in [6.07, 6.45) is 8.16. The number of ether oxygens (including phenoxy) is 3. The SMILES string of the molecule is C/C(=C\[C@@H]1CC[C@@]2(CCC[C@@H]([C@@H](C)CO[Si](c3ccccc3)(c3ccccc3)C(C)(C)C)O2)O1)CC#CCOCc1ccccc1. The van der Waals surface area contributed by atoms with E-state index < -0.39 is 14.1 Å². The molecule has 0 radical (unpaired) electrons. The van der Waals surface area contributed by atoms with Gasteiger partial charge in [0.15, 0.2) is 5.79 Å². The molecule has 244 valence electrons. The molecule has 5 rings (SSSR count). The largest absolute Gasteiger partial charge is 0.407 e. The number of rotatable bonds is 11. The van der Waals surface area contributed by atoms with E-state index in [9.17, 15) is 0 Å². The molecule has 46 heavy (non-hydrogen) atoms. The van der Waals surface area contributed by atoms with E-state index in [0.717, 1.165) is 38.5 Å². The summed E-state index contributed by atoms with van der Waals surface area (Å²) in [7, 11) is -2.59. The maximum Gasteiger partial charge on any atom is 0.261 e. The summed E-state index contributed by atoms with van der Waals surface area (Å²) in [5.41, 5.74) is 2.40. The summed E-state index contributed by atoms with van der Waals surface area (Å²) in [6.45, 7) is 13.1. The maximum atomic E-state index is 7.28. The van der Waals surface area contributed by atoms with Crippen molar-refractivity contribution in [3.05, 3.63) is 108 Å². The second kappa shape index (κ2) is 15.7. The summed E-state index contributed by atoms with van der Waals surface area (Å²) in [5.74, 6) is 6.16.